The Hall–Kier alpha value is -3.26. The van der Waals surface area contributed by atoms with E-state index in [-0.39, 0.29) is 11.9 Å². The van der Waals surface area contributed by atoms with E-state index in [2.05, 4.69) is 25.2 Å². The van der Waals surface area contributed by atoms with Crippen LogP contribution in [0.25, 0.3) is 16.2 Å². The van der Waals surface area contributed by atoms with Crippen molar-refractivity contribution in [2.45, 2.75) is 12.5 Å². The van der Waals surface area contributed by atoms with Crippen LogP contribution in [0.5, 0.6) is 0 Å². The molecule has 0 aliphatic carbocycles. The third-order valence-electron chi connectivity index (χ3n) is 4.87. The van der Waals surface area contributed by atoms with Crippen molar-refractivity contribution in [3.63, 3.8) is 0 Å². The first kappa shape index (κ1) is 16.9. The average Bonchev–Trinajstić information content (AvgIpc) is 3.48. The van der Waals surface area contributed by atoms with Crippen LogP contribution in [0.3, 0.4) is 0 Å². The molecule has 1 aliphatic heterocycles. The van der Waals surface area contributed by atoms with Crippen LogP contribution in [0.1, 0.15) is 16.9 Å². The molecule has 1 saturated heterocycles. The molecule has 1 atom stereocenters. The van der Waals surface area contributed by atoms with Crippen molar-refractivity contribution in [1.82, 2.24) is 24.7 Å². The van der Waals surface area contributed by atoms with E-state index in [4.69, 9.17) is 0 Å². The van der Waals surface area contributed by atoms with E-state index in [1.54, 1.807) is 12.4 Å². The molecule has 1 unspecified atom stereocenters. The molecule has 1 aromatic carbocycles. The van der Waals surface area contributed by atoms with Gasteiger partial charge in [-0.2, -0.15) is 0 Å². The summed E-state index contributed by atoms with van der Waals surface area (Å²) in [4.78, 5) is 28.2. The first-order valence-corrected chi connectivity index (χ1v) is 10.0. The van der Waals surface area contributed by atoms with Crippen molar-refractivity contribution in [2.75, 3.05) is 18.0 Å². The summed E-state index contributed by atoms with van der Waals surface area (Å²) in [5.41, 5.74) is 2.33. The number of amides is 1. The molecule has 3 aromatic heterocycles. The summed E-state index contributed by atoms with van der Waals surface area (Å²) >= 11 is 1.49. The van der Waals surface area contributed by atoms with Gasteiger partial charge in [-0.05, 0) is 6.42 Å². The Morgan fingerprint density at radius 3 is 2.82 bits per heavy atom. The number of nitrogens with one attached hydrogen (secondary N) is 1. The van der Waals surface area contributed by atoms with Crippen LogP contribution in [0.15, 0.2) is 60.5 Å². The molecule has 1 amide bonds. The highest BCUT2D eigenvalue weighted by atomic mass is 32.1. The number of nitrogens with zero attached hydrogens (tertiary/aromatic N) is 5. The Bertz CT molecular complexity index is 1120. The van der Waals surface area contributed by atoms with E-state index in [1.807, 2.05) is 52.5 Å². The molecule has 5 rings (SSSR count). The molecule has 0 saturated carbocycles. The van der Waals surface area contributed by atoms with Crippen molar-refractivity contribution in [3.8, 4) is 10.6 Å². The van der Waals surface area contributed by atoms with Gasteiger partial charge in [-0.1, -0.05) is 30.3 Å². The Morgan fingerprint density at radius 2 is 1.96 bits per heavy atom. The quantitative estimate of drug-likeness (QED) is 0.580. The molecule has 0 radical (unpaired) electrons. The van der Waals surface area contributed by atoms with Gasteiger partial charge in [-0.15, -0.1) is 11.3 Å². The van der Waals surface area contributed by atoms with Gasteiger partial charge < -0.3 is 14.6 Å². The normalized spacial score (nSPS) is 16.6. The predicted molar refractivity (Wildman–Crippen MR) is 109 cm³/mol. The van der Waals surface area contributed by atoms with E-state index in [1.165, 1.54) is 11.3 Å². The Kier molecular flexibility index (Phi) is 4.25. The monoisotopic (exact) mass is 390 g/mol. The van der Waals surface area contributed by atoms with Gasteiger partial charge in [0.25, 0.3) is 5.91 Å². The molecule has 1 fully saturated rings. The lowest BCUT2D eigenvalue weighted by Gasteiger charge is -2.18. The maximum absolute atomic E-state index is 12.6. The molecule has 1 N–H and O–H groups in total. The Morgan fingerprint density at radius 1 is 1.14 bits per heavy atom. The van der Waals surface area contributed by atoms with Gasteiger partial charge in [0.2, 0.25) is 0 Å². The van der Waals surface area contributed by atoms with Crippen molar-refractivity contribution < 1.29 is 4.79 Å². The molecule has 140 valence electrons. The second kappa shape index (κ2) is 7.05. The highest BCUT2D eigenvalue weighted by Crippen LogP contribution is 2.24. The first-order valence-electron chi connectivity index (χ1n) is 9.12. The van der Waals surface area contributed by atoms with Crippen LogP contribution in [-0.4, -0.2) is 44.4 Å². The van der Waals surface area contributed by atoms with Gasteiger partial charge in [0.1, 0.15) is 10.7 Å². The summed E-state index contributed by atoms with van der Waals surface area (Å²) in [5.74, 6) is 0.724. The maximum atomic E-state index is 12.6. The minimum atomic E-state index is -0.128. The molecular formula is C20H18N6OS. The summed E-state index contributed by atoms with van der Waals surface area (Å²) in [6.07, 6.45) is 8.19. The van der Waals surface area contributed by atoms with Crippen molar-refractivity contribution in [2.24, 2.45) is 0 Å². The highest BCUT2D eigenvalue weighted by molar-refractivity contribution is 7.13. The SMILES string of the molecule is O=C(NC1CCN(c2nccn3ccnc23)C1)c1csc(-c2ccccc2)n1. The first-order chi connectivity index (χ1) is 13.8. The van der Waals surface area contributed by atoms with Crippen LogP contribution < -0.4 is 10.2 Å². The van der Waals surface area contributed by atoms with Gasteiger partial charge in [-0.25, -0.2) is 15.0 Å². The van der Waals surface area contributed by atoms with E-state index in [9.17, 15) is 4.79 Å². The molecule has 4 aromatic rings. The summed E-state index contributed by atoms with van der Waals surface area (Å²) in [6.45, 7) is 1.54. The van der Waals surface area contributed by atoms with Crippen LogP contribution in [0, 0.1) is 0 Å². The minimum absolute atomic E-state index is 0.0615. The zero-order valence-corrected chi connectivity index (χ0v) is 15.8. The average molecular weight is 390 g/mol. The van der Waals surface area contributed by atoms with Gasteiger partial charge in [-0.3, -0.25) is 4.79 Å². The lowest BCUT2D eigenvalue weighted by Crippen LogP contribution is -2.37. The van der Waals surface area contributed by atoms with E-state index in [0.29, 0.717) is 12.2 Å². The van der Waals surface area contributed by atoms with Crippen molar-refractivity contribution in [3.05, 3.63) is 66.2 Å². The second-order valence-corrected chi connectivity index (χ2v) is 7.58. The van der Waals surface area contributed by atoms with E-state index < -0.39 is 0 Å². The van der Waals surface area contributed by atoms with E-state index in [0.717, 1.165) is 35.0 Å². The molecule has 1 aliphatic rings. The number of rotatable bonds is 4. The fourth-order valence-electron chi connectivity index (χ4n) is 3.48. The van der Waals surface area contributed by atoms with Crippen molar-refractivity contribution >= 4 is 28.7 Å². The number of benzene rings is 1. The molecule has 4 heterocycles. The van der Waals surface area contributed by atoms with Crippen LogP contribution in [0.2, 0.25) is 0 Å². The predicted octanol–water partition coefficient (Wildman–Crippen LogP) is 2.86. The summed E-state index contributed by atoms with van der Waals surface area (Å²) < 4.78 is 1.95. The number of carbonyl (C=O) groups is 1. The number of carbonyl (C=O) groups excluding carboxylic acids is 1. The number of imidazole rings is 1. The Labute approximate surface area is 165 Å². The maximum Gasteiger partial charge on any atom is 0.271 e. The summed E-state index contributed by atoms with van der Waals surface area (Å²) in [6, 6.07) is 9.97. The largest absolute Gasteiger partial charge is 0.351 e. The summed E-state index contributed by atoms with van der Waals surface area (Å²) in [7, 11) is 0. The smallest absolute Gasteiger partial charge is 0.271 e. The minimum Gasteiger partial charge on any atom is -0.351 e. The summed E-state index contributed by atoms with van der Waals surface area (Å²) in [5, 5.41) is 5.78. The molecule has 7 nitrogen and oxygen atoms in total. The lowest BCUT2D eigenvalue weighted by molar-refractivity contribution is 0.0936. The molecule has 28 heavy (non-hydrogen) atoms. The van der Waals surface area contributed by atoms with Gasteiger partial charge in [0, 0.05) is 54.9 Å². The van der Waals surface area contributed by atoms with Gasteiger partial charge in [0.05, 0.1) is 0 Å². The molecule has 0 spiro atoms. The third kappa shape index (κ3) is 3.11. The van der Waals surface area contributed by atoms with Crippen LogP contribution >= 0.6 is 11.3 Å². The topological polar surface area (TPSA) is 75.4 Å². The van der Waals surface area contributed by atoms with E-state index >= 15 is 0 Å². The number of hydrogen-bond acceptors (Lipinski definition) is 6. The van der Waals surface area contributed by atoms with Gasteiger partial charge in [0.15, 0.2) is 11.5 Å². The zero-order chi connectivity index (χ0) is 18.9. The molecule has 0 bridgehead atoms. The molecule has 8 heteroatoms. The second-order valence-electron chi connectivity index (χ2n) is 6.72. The van der Waals surface area contributed by atoms with Gasteiger partial charge >= 0.3 is 0 Å². The number of hydrogen-bond donors (Lipinski definition) is 1. The standard InChI is InChI=1S/C20H18N6OS/c27-19(16-13-28-20(24-16)14-4-2-1-3-5-14)23-15-6-9-26(12-15)18-17-21-7-10-25(17)11-8-22-18/h1-5,7-8,10-11,13,15H,6,9,12H2,(H,23,27). The lowest BCUT2D eigenvalue weighted by atomic mass is 10.2. The number of fused-ring (bicyclic) bond motifs is 1. The fraction of sp³-hybridized carbons (Fsp3) is 0.200. The number of anilines is 1. The van der Waals surface area contributed by atoms with Crippen LogP contribution in [0.4, 0.5) is 5.82 Å². The van der Waals surface area contributed by atoms with Crippen LogP contribution in [-0.2, 0) is 0 Å². The number of aromatic nitrogens is 4. The fourth-order valence-corrected chi connectivity index (χ4v) is 4.29. The van der Waals surface area contributed by atoms with Crippen molar-refractivity contribution in [1.29, 1.82) is 0 Å². The zero-order valence-electron chi connectivity index (χ0n) is 15.0. The number of thiazole rings is 1. The Balaban J connectivity index is 1.27. The molecular weight excluding hydrogens is 372 g/mol. The third-order valence-corrected chi connectivity index (χ3v) is 5.76. The highest BCUT2D eigenvalue weighted by Gasteiger charge is 2.27.